The van der Waals surface area contributed by atoms with Crippen molar-refractivity contribution in [2.45, 2.75) is 78.1 Å². The molecule has 0 N–H and O–H groups in total. The molecule has 3 rings (SSSR count). The van der Waals surface area contributed by atoms with Gasteiger partial charge in [-0.3, -0.25) is 4.79 Å². The van der Waals surface area contributed by atoms with Gasteiger partial charge in [0.2, 0.25) is 0 Å². The molecule has 27 heavy (non-hydrogen) atoms. The maximum Gasteiger partial charge on any atom is 0.192 e. The van der Waals surface area contributed by atoms with Crippen molar-refractivity contribution in [3.8, 4) is 0 Å². The summed E-state index contributed by atoms with van der Waals surface area (Å²) in [5.41, 5.74) is 4.83. The van der Waals surface area contributed by atoms with E-state index < -0.39 is 8.32 Å². The summed E-state index contributed by atoms with van der Waals surface area (Å²) in [5, 5.41) is 0.162. The standard InChI is InChI=1S/C23H32O2SSi/c1-14(24)20-15(2)26-16(3)21(20)22-18-12-10-9-11-17(18)13-19(22)25-27(7,8)23(4,5)6/h9-12,19,22H,13H2,1-8H3/t19-,22-/m0/s1. The van der Waals surface area contributed by atoms with Crippen molar-refractivity contribution in [1.82, 2.24) is 0 Å². The van der Waals surface area contributed by atoms with Gasteiger partial charge in [-0.15, -0.1) is 11.3 Å². The molecule has 1 aliphatic carbocycles. The van der Waals surface area contributed by atoms with Gasteiger partial charge in [0.05, 0.1) is 6.10 Å². The molecule has 0 amide bonds. The number of hydrogen-bond donors (Lipinski definition) is 0. The van der Waals surface area contributed by atoms with E-state index >= 15 is 0 Å². The Bertz CT molecular complexity index is 873. The third-order valence-electron chi connectivity index (χ3n) is 6.41. The zero-order valence-electron chi connectivity index (χ0n) is 17.9. The molecule has 1 aromatic carbocycles. The van der Waals surface area contributed by atoms with E-state index in [9.17, 15) is 4.79 Å². The van der Waals surface area contributed by atoms with Gasteiger partial charge < -0.3 is 4.43 Å². The van der Waals surface area contributed by atoms with Crippen molar-refractivity contribution < 1.29 is 9.22 Å². The van der Waals surface area contributed by atoms with Gasteiger partial charge in [0.1, 0.15) is 0 Å². The smallest absolute Gasteiger partial charge is 0.192 e. The molecule has 2 nitrogen and oxygen atoms in total. The predicted octanol–water partition coefficient (Wildman–Crippen LogP) is 6.65. The van der Waals surface area contributed by atoms with Crippen LogP contribution in [0.3, 0.4) is 0 Å². The van der Waals surface area contributed by atoms with Gasteiger partial charge in [0.25, 0.3) is 0 Å². The molecule has 0 radical (unpaired) electrons. The first-order chi connectivity index (χ1) is 12.4. The Morgan fingerprint density at radius 3 is 2.37 bits per heavy atom. The van der Waals surface area contributed by atoms with Crippen molar-refractivity contribution in [3.63, 3.8) is 0 Å². The van der Waals surface area contributed by atoms with E-state index in [4.69, 9.17) is 4.43 Å². The topological polar surface area (TPSA) is 26.3 Å². The fourth-order valence-electron chi connectivity index (χ4n) is 4.08. The van der Waals surface area contributed by atoms with Crippen molar-refractivity contribution in [2.24, 2.45) is 0 Å². The average molecular weight is 401 g/mol. The summed E-state index contributed by atoms with van der Waals surface area (Å²) < 4.78 is 6.94. The van der Waals surface area contributed by atoms with Gasteiger partial charge in [0.15, 0.2) is 14.1 Å². The van der Waals surface area contributed by atoms with E-state index in [0.29, 0.717) is 0 Å². The minimum absolute atomic E-state index is 0.106. The van der Waals surface area contributed by atoms with Crippen LogP contribution in [0.4, 0.5) is 0 Å². The van der Waals surface area contributed by atoms with Crippen molar-refractivity contribution in [3.05, 3.63) is 56.3 Å². The summed E-state index contributed by atoms with van der Waals surface area (Å²) in [5.74, 6) is 0.321. The largest absolute Gasteiger partial charge is 0.413 e. The Balaban J connectivity index is 2.14. The predicted molar refractivity (Wildman–Crippen MR) is 118 cm³/mol. The van der Waals surface area contributed by atoms with Crippen LogP contribution in [0.2, 0.25) is 18.1 Å². The first-order valence-electron chi connectivity index (χ1n) is 9.80. The number of aryl methyl sites for hydroxylation is 2. The van der Waals surface area contributed by atoms with Crippen LogP contribution in [0.5, 0.6) is 0 Å². The molecule has 1 aromatic heterocycles. The van der Waals surface area contributed by atoms with Crippen molar-refractivity contribution in [1.29, 1.82) is 0 Å². The molecule has 146 valence electrons. The summed E-state index contributed by atoms with van der Waals surface area (Å²) >= 11 is 1.75. The summed E-state index contributed by atoms with van der Waals surface area (Å²) in [6.45, 7) is 17.4. The number of Topliss-reactive ketones (excluding diaryl/α,β-unsaturated/α-hetero) is 1. The Morgan fingerprint density at radius 2 is 1.78 bits per heavy atom. The molecular formula is C23H32O2SSi. The van der Waals surface area contributed by atoms with E-state index in [1.165, 1.54) is 21.6 Å². The second-order valence-electron chi connectivity index (χ2n) is 9.36. The Morgan fingerprint density at radius 1 is 1.15 bits per heavy atom. The quantitative estimate of drug-likeness (QED) is 0.424. The van der Waals surface area contributed by atoms with Crippen LogP contribution in [0.15, 0.2) is 24.3 Å². The second-order valence-corrected chi connectivity index (χ2v) is 15.5. The lowest BCUT2D eigenvalue weighted by atomic mass is 9.87. The lowest BCUT2D eigenvalue weighted by molar-refractivity contribution is 0.101. The van der Waals surface area contributed by atoms with Gasteiger partial charge in [-0.1, -0.05) is 45.0 Å². The number of benzene rings is 1. The maximum atomic E-state index is 12.5. The minimum atomic E-state index is -1.92. The molecule has 1 heterocycles. The number of rotatable bonds is 4. The molecule has 0 bridgehead atoms. The lowest BCUT2D eigenvalue weighted by Crippen LogP contribution is -2.45. The number of thiophene rings is 1. The zero-order valence-corrected chi connectivity index (χ0v) is 19.7. The highest BCUT2D eigenvalue weighted by Crippen LogP contribution is 2.48. The monoisotopic (exact) mass is 400 g/mol. The van der Waals surface area contributed by atoms with E-state index in [0.717, 1.165) is 16.9 Å². The van der Waals surface area contributed by atoms with Crippen LogP contribution in [-0.4, -0.2) is 20.2 Å². The molecule has 0 aliphatic heterocycles. The fourth-order valence-corrected chi connectivity index (χ4v) is 6.56. The van der Waals surface area contributed by atoms with Crippen molar-refractivity contribution >= 4 is 25.4 Å². The zero-order chi connectivity index (χ0) is 20.1. The first-order valence-corrected chi connectivity index (χ1v) is 13.5. The molecule has 2 aromatic rings. The molecule has 0 saturated carbocycles. The van der Waals surface area contributed by atoms with Gasteiger partial charge >= 0.3 is 0 Å². The summed E-state index contributed by atoms with van der Waals surface area (Å²) in [6.07, 6.45) is 1.04. The third-order valence-corrected chi connectivity index (χ3v) is 11.9. The molecule has 0 fully saturated rings. The van der Waals surface area contributed by atoms with E-state index in [1.54, 1.807) is 18.3 Å². The maximum absolute atomic E-state index is 12.5. The van der Waals surface area contributed by atoms with Crippen molar-refractivity contribution in [2.75, 3.05) is 0 Å². The van der Waals surface area contributed by atoms with Gasteiger partial charge in [-0.05, 0) is 62.0 Å². The number of carbonyl (C=O) groups excluding carboxylic acids is 1. The summed E-state index contributed by atoms with van der Waals surface area (Å²) in [7, 11) is -1.92. The summed E-state index contributed by atoms with van der Waals surface area (Å²) in [4.78, 5) is 14.9. The normalized spacial score (nSPS) is 20.0. The van der Waals surface area contributed by atoms with E-state index in [2.05, 4.69) is 72.0 Å². The van der Waals surface area contributed by atoms with E-state index in [1.807, 2.05) is 0 Å². The van der Waals surface area contributed by atoms with E-state index in [-0.39, 0.29) is 22.8 Å². The van der Waals surface area contributed by atoms with Crippen LogP contribution in [-0.2, 0) is 10.8 Å². The van der Waals surface area contributed by atoms with Gasteiger partial charge in [0, 0.05) is 21.2 Å². The number of fused-ring (bicyclic) bond motifs is 1. The average Bonchev–Trinajstić information content (AvgIpc) is 3.01. The second kappa shape index (κ2) is 6.98. The first kappa shape index (κ1) is 20.5. The van der Waals surface area contributed by atoms with Crippen LogP contribution < -0.4 is 0 Å². The molecule has 2 atom stereocenters. The summed E-state index contributed by atoms with van der Waals surface area (Å²) in [6, 6.07) is 8.68. The Kier molecular flexibility index (Phi) is 5.30. The molecule has 0 unspecified atom stereocenters. The van der Waals surface area contributed by atoms with Crippen LogP contribution in [0.1, 0.15) is 70.4 Å². The molecule has 1 aliphatic rings. The molecule has 0 spiro atoms. The molecule has 0 saturated heterocycles. The number of hydrogen-bond acceptors (Lipinski definition) is 3. The minimum Gasteiger partial charge on any atom is -0.413 e. The molecule has 4 heteroatoms. The van der Waals surface area contributed by atoms with Gasteiger partial charge in [-0.25, -0.2) is 0 Å². The highest BCUT2D eigenvalue weighted by molar-refractivity contribution is 7.12. The Hall–Kier alpha value is -1.23. The van der Waals surface area contributed by atoms with Crippen LogP contribution in [0, 0.1) is 13.8 Å². The Labute approximate surface area is 169 Å². The molecular weight excluding hydrogens is 368 g/mol. The third kappa shape index (κ3) is 3.59. The lowest BCUT2D eigenvalue weighted by Gasteiger charge is -2.40. The highest BCUT2D eigenvalue weighted by atomic mass is 32.1. The SMILES string of the molecule is CC(=O)c1c(C)sc(C)c1[C@H]1c2ccccc2C[C@@H]1O[Si](C)(C)C(C)(C)C. The number of carbonyl (C=O) groups is 1. The fraction of sp³-hybridized carbons (Fsp3) is 0.522. The van der Waals surface area contributed by atoms with Crippen LogP contribution in [0.25, 0.3) is 0 Å². The van der Waals surface area contributed by atoms with Crippen LogP contribution >= 0.6 is 11.3 Å². The highest BCUT2D eigenvalue weighted by Gasteiger charge is 2.45. The number of ketones is 1. The van der Waals surface area contributed by atoms with Gasteiger partial charge in [-0.2, -0.15) is 0 Å².